The second kappa shape index (κ2) is 11.9. The summed E-state index contributed by atoms with van der Waals surface area (Å²) in [4.78, 5) is 26.5. The van der Waals surface area contributed by atoms with Crippen LogP contribution in [0.5, 0.6) is 5.75 Å². The third-order valence-corrected chi connectivity index (χ3v) is 6.66. The van der Waals surface area contributed by atoms with E-state index < -0.39 is 0 Å². The van der Waals surface area contributed by atoms with Crippen LogP contribution in [-0.2, 0) is 11.3 Å². The number of rotatable bonds is 9. The van der Waals surface area contributed by atoms with Crippen LogP contribution in [0.25, 0.3) is 0 Å². The van der Waals surface area contributed by atoms with Gasteiger partial charge in [0.1, 0.15) is 11.6 Å². The molecule has 1 aromatic carbocycles. The van der Waals surface area contributed by atoms with Crippen molar-refractivity contribution in [3.05, 3.63) is 40.7 Å². The highest BCUT2D eigenvalue weighted by atomic mass is 35.5. The minimum atomic E-state index is -0.323. The lowest BCUT2D eigenvalue weighted by atomic mass is 10.2. The number of amides is 1. The molecule has 0 bridgehead atoms. The number of morpholine rings is 1. The van der Waals surface area contributed by atoms with Gasteiger partial charge in [-0.05, 0) is 37.6 Å². The van der Waals surface area contributed by atoms with Crippen molar-refractivity contribution < 1.29 is 19.4 Å². The average Bonchev–Trinajstić information content (AvgIpc) is 3.35. The van der Waals surface area contributed by atoms with E-state index in [1.54, 1.807) is 19.4 Å². The molecule has 10 nitrogen and oxygen atoms in total. The number of likely N-dealkylation sites (N-methyl/N-ethyl adjacent to an activating group) is 1. The van der Waals surface area contributed by atoms with Gasteiger partial charge in [-0.3, -0.25) is 4.79 Å². The van der Waals surface area contributed by atoms with Crippen molar-refractivity contribution in [1.82, 2.24) is 20.2 Å². The zero-order valence-corrected chi connectivity index (χ0v) is 20.9. The highest BCUT2D eigenvalue weighted by Crippen LogP contribution is 2.27. The molecule has 190 valence electrons. The summed E-state index contributed by atoms with van der Waals surface area (Å²) in [6.07, 6.45) is 3.39. The molecule has 2 aliphatic rings. The number of aliphatic hydroxyl groups excluding tert-OH is 1. The molecule has 1 amide bonds. The van der Waals surface area contributed by atoms with Gasteiger partial charge in [0.2, 0.25) is 0 Å². The maximum atomic E-state index is 13.1. The average molecular weight is 505 g/mol. The van der Waals surface area contributed by atoms with Gasteiger partial charge in [0.05, 0.1) is 43.7 Å². The number of aliphatic hydroxyl groups is 1. The lowest BCUT2D eigenvalue weighted by Gasteiger charge is -2.30. The fraction of sp³-hybridized carbons (Fsp3) is 0.542. The molecule has 2 fully saturated rings. The fourth-order valence-electron chi connectivity index (χ4n) is 4.42. The highest BCUT2D eigenvalue weighted by molar-refractivity contribution is 6.32. The first-order chi connectivity index (χ1) is 17.0. The number of nitrogens with one attached hydrogen (secondary N) is 2. The standard InChI is InChI=1S/C24H33ClN6O4/c1-30-8-9-35-18(14-30)12-28-24(33)22-23(27-11-16-5-6-20(34-2)19(25)10-16)29-21(13-26-22)31-7-3-4-17(31)15-32/h5-6,10,13,17-18,32H,3-4,7-9,11-12,14-15H2,1-2H3,(H,27,29)(H,28,33)/t17-,18?/m0/s1. The van der Waals surface area contributed by atoms with E-state index in [9.17, 15) is 9.90 Å². The maximum absolute atomic E-state index is 13.1. The summed E-state index contributed by atoms with van der Waals surface area (Å²) >= 11 is 6.27. The monoisotopic (exact) mass is 504 g/mol. The molecular weight excluding hydrogens is 472 g/mol. The number of carbonyl (C=O) groups is 1. The summed E-state index contributed by atoms with van der Waals surface area (Å²) in [5.41, 5.74) is 1.11. The van der Waals surface area contributed by atoms with E-state index in [0.717, 1.165) is 38.0 Å². The molecule has 2 saturated heterocycles. The largest absolute Gasteiger partial charge is 0.495 e. The third kappa shape index (κ3) is 6.32. The number of methoxy groups -OCH3 is 1. The molecule has 1 aromatic heterocycles. The molecular formula is C24H33ClN6O4. The second-order valence-corrected chi connectivity index (χ2v) is 9.29. The molecule has 2 aromatic rings. The fourth-order valence-corrected chi connectivity index (χ4v) is 4.70. The number of hydrogen-bond acceptors (Lipinski definition) is 9. The van der Waals surface area contributed by atoms with Crippen LogP contribution in [0.1, 0.15) is 28.9 Å². The number of carbonyl (C=O) groups excluding carboxylic acids is 1. The lowest BCUT2D eigenvalue weighted by molar-refractivity contribution is -0.0175. The molecule has 2 atom stereocenters. The van der Waals surface area contributed by atoms with Crippen LogP contribution in [-0.4, -0.2) is 91.6 Å². The SMILES string of the molecule is COc1ccc(CNc2nc(N3CCC[C@H]3CO)cnc2C(=O)NCC2CN(C)CCO2)cc1Cl. The summed E-state index contributed by atoms with van der Waals surface area (Å²) in [6, 6.07) is 5.50. The molecule has 0 spiro atoms. The minimum absolute atomic E-state index is 0.00217. The number of halogens is 1. The quantitative estimate of drug-likeness (QED) is 0.470. The van der Waals surface area contributed by atoms with Crippen LogP contribution < -0.4 is 20.3 Å². The van der Waals surface area contributed by atoms with Crippen molar-refractivity contribution in [3.63, 3.8) is 0 Å². The molecule has 3 N–H and O–H groups in total. The summed E-state index contributed by atoms with van der Waals surface area (Å²) in [5.74, 6) is 1.27. The van der Waals surface area contributed by atoms with Crippen LogP contribution in [0.4, 0.5) is 11.6 Å². The Morgan fingerprint density at radius 1 is 1.37 bits per heavy atom. The van der Waals surface area contributed by atoms with Gasteiger partial charge in [-0.25, -0.2) is 9.97 Å². The Morgan fingerprint density at radius 2 is 2.23 bits per heavy atom. The molecule has 1 unspecified atom stereocenters. The van der Waals surface area contributed by atoms with E-state index in [1.807, 2.05) is 24.1 Å². The van der Waals surface area contributed by atoms with Crippen LogP contribution in [0.3, 0.4) is 0 Å². The van der Waals surface area contributed by atoms with E-state index >= 15 is 0 Å². The first-order valence-electron chi connectivity index (χ1n) is 11.9. The van der Waals surface area contributed by atoms with Gasteiger partial charge < -0.3 is 35.0 Å². The Bertz CT molecular complexity index is 1030. The molecule has 4 rings (SSSR count). The zero-order chi connectivity index (χ0) is 24.8. The van der Waals surface area contributed by atoms with Crippen molar-refractivity contribution >= 4 is 29.1 Å². The molecule has 11 heteroatoms. The first-order valence-corrected chi connectivity index (χ1v) is 12.3. The van der Waals surface area contributed by atoms with Gasteiger partial charge in [-0.15, -0.1) is 0 Å². The van der Waals surface area contributed by atoms with Gasteiger partial charge >= 0.3 is 0 Å². The second-order valence-electron chi connectivity index (χ2n) is 8.88. The summed E-state index contributed by atoms with van der Waals surface area (Å²) in [5, 5.41) is 16.4. The van der Waals surface area contributed by atoms with Crippen LogP contribution in [0, 0.1) is 0 Å². The Labute approximate surface area is 210 Å². The predicted molar refractivity (Wildman–Crippen MR) is 134 cm³/mol. The number of nitrogens with zero attached hydrogens (tertiary/aromatic N) is 4. The van der Waals surface area contributed by atoms with Gasteiger partial charge in [0.15, 0.2) is 11.5 Å². The zero-order valence-electron chi connectivity index (χ0n) is 20.2. The Balaban J connectivity index is 1.52. The summed E-state index contributed by atoms with van der Waals surface area (Å²) in [6.45, 7) is 3.89. The van der Waals surface area contributed by atoms with Crippen molar-refractivity contribution in [2.45, 2.75) is 31.5 Å². The van der Waals surface area contributed by atoms with Crippen molar-refractivity contribution in [2.75, 3.05) is 63.8 Å². The smallest absolute Gasteiger partial charge is 0.273 e. The van der Waals surface area contributed by atoms with Gasteiger partial charge in [-0.1, -0.05) is 17.7 Å². The predicted octanol–water partition coefficient (Wildman–Crippen LogP) is 1.77. The van der Waals surface area contributed by atoms with Gasteiger partial charge in [0.25, 0.3) is 5.91 Å². The first kappa shape index (κ1) is 25.4. The van der Waals surface area contributed by atoms with E-state index in [0.29, 0.717) is 42.1 Å². The van der Waals surface area contributed by atoms with Gasteiger partial charge in [-0.2, -0.15) is 0 Å². The lowest BCUT2D eigenvalue weighted by Crippen LogP contribution is -2.46. The highest BCUT2D eigenvalue weighted by Gasteiger charge is 2.27. The van der Waals surface area contributed by atoms with Crippen LogP contribution in [0.15, 0.2) is 24.4 Å². The molecule has 2 aliphatic heterocycles. The number of anilines is 2. The maximum Gasteiger partial charge on any atom is 0.273 e. The van der Waals surface area contributed by atoms with Crippen molar-refractivity contribution in [2.24, 2.45) is 0 Å². The number of aromatic nitrogens is 2. The van der Waals surface area contributed by atoms with E-state index in [1.165, 1.54) is 0 Å². The van der Waals surface area contributed by atoms with E-state index in [4.69, 9.17) is 26.1 Å². The van der Waals surface area contributed by atoms with Crippen LogP contribution in [0.2, 0.25) is 5.02 Å². The number of ether oxygens (including phenoxy) is 2. The Hall–Kier alpha value is -2.66. The molecule has 0 radical (unpaired) electrons. The van der Waals surface area contributed by atoms with Crippen LogP contribution >= 0.6 is 11.6 Å². The minimum Gasteiger partial charge on any atom is -0.495 e. The summed E-state index contributed by atoms with van der Waals surface area (Å²) < 4.78 is 11.0. The Morgan fingerprint density at radius 3 is 2.97 bits per heavy atom. The van der Waals surface area contributed by atoms with E-state index in [-0.39, 0.29) is 30.4 Å². The summed E-state index contributed by atoms with van der Waals surface area (Å²) in [7, 11) is 3.60. The molecule has 0 saturated carbocycles. The molecule has 0 aliphatic carbocycles. The molecule has 35 heavy (non-hydrogen) atoms. The molecule has 3 heterocycles. The van der Waals surface area contributed by atoms with Gasteiger partial charge in [0, 0.05) is 32.7 Å². The Kier molecular flexibility index (Phi) is 8.61. The van der Waals surface area contributed by atoms with Crippen molar-refractivity contribution in [1.29, 1.82) is 0 Å². The van der Waals surface area contributed by atoms with Crippen molar-refractivity contribution in [3.8, 4) is 5.75 Å². The normalized spacial score (nSPS) is 20.6. The number of benzene rings is 1. The van der Waals surface area contributed by atoms with E-state index in [2.05, 4.69) is 20.5 Å². The topological polar surface area (TPSA) is 112 Å². The third-order valence-electron chi connectivity index (χ3n) is 6.37. The number of hydrogen-bond donors (Lipinski definition) is 3.